The van der Waals surface area contributed by atoms with Gasteiger partial charge < -0.3 is 18.1 Å². The Hall–Kier alpha value is -3.65. The molecule has 0 radical (unpaired) electrons. The Labute approximate surface area is 223 Å². The minimum Gasteiger partial charge on any atom is -0.456 e. The number of hydrogen-bond donors (Lipinski definition) is 0. The number of fused-ring (bicyclic) bond motifs is 7. The lowest BCUT2D eigenvalue weighted by molar-refractivity contribution is 0.00578. The molecule has 0 spiro atoms. The Kier molecular flexibility index (Phi) is 4.40. The minimum atomic E-state index is -0.464. The Morgan fingerprint density at radius 2 is 1.42 bits per heavy atom. The van der Waals surface area contributed by atoms with Gasteiger partial charge in [0.25, 0.3) is 0 Å². The third-order valence-electron chi connectivity index (χ3n) is 8.17. The number of aromatic nitrogens is 1. The van der Waals surface area contributed by atoms with Crippen molar-refractivity contribution in [3.05, 3.63) is 72.8 Å². The molecule has 8 rings (SSSR count). The maximum atomic E-state index is 6.40. The summed E-state index contributed by atoms with van der Waals surface area (Å²) in [6, 6.07) is 24.7. The van der Waals surface area contributed by atoms with Gasteiger partial charge in [-0.3, -0.25) is 0 Å². The van der Waals surface area contributed by atoms with E-state index in [9.17, 15) is 0 Å². The van der Waals surface area contributed by atoms with Crippen molar-refractivity contribution >= 4 is 78.0 Å². The molecule has 0 saturated carbocycles. The highest BCUT2D eigenvalue weighted by Crippen LogP contribution is 2.40. The van der Waals surface area contributed by atoms with Crippen LogP contribution in [0.25, 0.3) is 64.7 Å². The molecule has 7 heteroatoms. The maximum absolute atomic E-state index is 6.40. The summed E-state index contributed by atoms with van der Waals surface area (Å²) in [5.41, 5.74) is 5.56. The van der Waals surface area contributed by atoms with Gasteiger partial charge in [0.15, 0.2) is 0 Å². The van der Waals surface area contributed by atoms with Crippen molar-refractivity contribution in [3.8, 4) is 10.6 Å². The van der Waals surface area contributed by atoms with E-state index in [0.717, 1.165) is 70.1 Å². The smallest absolute Gasteiger partial charge is 0.456 e. The molecule has 1 saturated heterocycles. The molecule has 1 aliphatic heterocycles. The van der Waals surface area contributed by atoms with Gasteiger partial charge in [-0.1, -0.05) is 30.3 Å². The highest BCUT2D eigenvalue weighted by Gasteiger charge is 2.52. The van der Waals surface area contributed by atoms with Gasteiger partial charge in [-0.05, 0) is 69.6 Å². The first-order valence-electron chi connectivity index (χ1n) is 12.8. The Balaban J connectivity index is 1.28. The zero-order chi connectivity index (χ0) is 25.8. The van der Waals surface area contributed by atoms with Crippen LogP contribution < -0.4 is 5.46 Å². The summed E-state index contributed by atoms with van der Waals surface area (Å²) in [5, 5.41) is 5.26. The van der Waals surface area contributed by atoms with E-state index in [1.807, 2.05) is 42.5 Å². The molecule has 0 bridgehead atoms. The van der Waals surface area contributed by atoms with Crippen LogP contribution in [0.2, 0.25) is 0 Å². The lowest BCUT2D eigenvalue weighted by Crippen LogP contribution is -2.41. The van der Waals surface area contributed by atoms with Crippen LogP contribution in [0.3, 0.4) is 0 Å². The topological polar surface area (TPSA) is 57.6 Å². The fraction of sp³-hybridized carbons (Fsp3) is 0.194. The van der Waals surface area contributed by atoms with Crippen LogP contribution in [0.5, 0.6) is 0 Å². The molecular weight excluding hydrogens is 493 g/mol. The molecule has 0 atom stereocenters. The second kappa shape index (κ2) is 7.47. The fourth-order valence-corrected chi connectivity index (χ4v) is 6.41. The minimum absolute atomic E-state index is 0.416. The van der Waals surface area contributed by atoms with Crippen LogP contribution in [0, 0.1) is 0 Å². The molecule has 0 aliphatic carbocycles. The first-order valence-corrected chi connectivity index (χ1v) is 13.6. The molecule has 0 N–H and O–H groups in total. The predicted molar refractivity (Wildman–Crippen MR) is 155 cm³/mol. The first kappa shape index (κ1) is 22.3. The van der Waals surface area contributed by atoms with E-state index in [0.29, 0.717) is 0 Å². The SMILES string of the molecule is CC1(C)OB(c2cccc3oc4cc5nc(-c6ccc7oc8ccccc8c7c6)sc5cc4c23)OC1(C)C. The second-order valence-corrected chi connectivity index (χ2v) is 12.1. The largest absolute Gasteiger partial charge is 0.495 e. The van der Waals surface area contributed by atoms with Crippen LogP contribution >= 0.6 is 11.3 Å². The maximum Gasteiger partial charge on any atom is 0.495 e. The number of hydrogen-bond acceptors (Lipinski definition) is 6. The molecule has 7 aromatic rings. The molecule has 0 unspecified atom stereocenters. The normalized spacial score (nSPS) is 17.1. The third kappa shape index (κ3) is 3.10. The predicted octanol–water partition coefficient (Wildman–Crippen LogP) is 8.06. The van der Waals surface area contributed by atoms with Crippen molar-refractivity contribution < 1.29 is 18.1 Å². The Morgan fingerprint density at radius 3 is 2.26 bits per heavy atom. The fourth-order valence-electron chi connectivity index (χ4n) is 5.42. The monoisotopic (exact) mass is 517 g/mol. The number of benzene rings is 4. The average molecular weight is 517 g/mol. The molecule has 1 fully saturated rings. The number of furan rings is 2. The second-order valence-electron chi connectivity index (χ2n) is 11.1. The quantitative estimate of drug-likeness (QED) is 0.217. The van der Waals surface area contributed by atoms with Gasteiger partial charge >= 0.3 is 7.12 Å². The Bertz CT molecular complexity index is 2050. The van der Waals surface area contributed by atoms with Crippen LogP contribution in [0.1, 0.15) is 27.7 Å². The molecular formula is C31H24BNO4S. The molecule has 0 amide bonds. The average Bonchev–Trinajstić information content (AvgIpc) is 3.62. The molecule has 1 aliphatic rings. The number of nitrogens with zero attached hydrogens (tertiary/aromatic N) is 1. The van der Waals surface area contributed by atoms with Crippen LogP contribution in [0.15, 0.2) is 81.6 Å². The zero-order valence-corrected chi connectivity index (χ0v) is 22.3. The Morgan fingerprint density at radius 1 is 0.684 bits per heavy atom. The van der Waals surface area contributed by atoms with Crippen molar-refractivity contribution in [2.75, 3.05) is 0 Å². The van der Waals surface area contributed by atoms with E-state index in [4.69, 9.17) is 23.1 Å². The summed E-state index contributed by atoms with van der Waals surface area (Å²) >= 11 is 1.69. The third-order valence-corrected chi connectivity index (χ3v) is 9.24. The summed E-state index contributed by atoms with van der Waals surface area (Å²) in [6.07, 6.45) is 0. The van der Waals surface area contributed by atoms with Crippen molar-refractivity contribution in [3.63, 3.8) is 0 Å². The van der Waals surface area contributed by atoms with Gasteiger partial charge in [0, 0.05) is 33.2 Å². The molecule has 4 heterocycles. The van der Waals surface area contributed by atoms with E-state index in [-0.39, 0.29) is 0 Å². The summed E-state index contributed by atoms with van der Waals surface area (Å²) in [7, 11) is -0.464. The summed E-state index contributed by atoms with van der Waals surface area (Å²) < 4.78 is 26.2. The van der Waals surface area contributed by atoms with Gasteiger partial charge in [0.05, 0.1) is 21.4 Å². The number of rotatable bonds is 2. The molecule has 38 heavy (non-hydrogen) atoms. The highest BCUT2D eigenvalue weighted by atomic mass is 32.1. The van der Waals surface area contributed by atoms with Gasteiger partial charge in [0.1, 0.15) is 27.3 Å². The van der Waals surface area contributed by atoms with E-state index in [1.54, 1.807) is 11.3 Å². The van der Waals surface area contributed by atoms with E-state index in [2.05, 4.69) is 58.0 Å². The standard InChI is InChI=1S/C31H24BNO4S/c1-30(2)31(3,4)37-32(36-30)21-9-7-11-25-28(21)20-15-27-22(16-26(20)35-25)33-29(38-27)17-12-13-24-19(14-17)18-8-5-6-10-23(18)34-24/h5-16H,1-4H3. The summed E-state index contributed by atoms with van der Waals surface area (Å²) in [4.78, 5) is 4.99. The van der Waals surface area contributed by atoms with Gasteiger partial charge in [0.2, 0.25) is 0 Å². The molecule has 186 valence electrons. The lowest BCUT2D eigenvalue weighted by Gasteiger charge is -2.32. The van der Waals surface area contributed by atoms with Crippen LogP contribution in [-0.4, -0.2) is 23.3 Å². The number of thiazole rings is 1. The van der Waals surface area contributed by atoms with E-state index in [1.165, 1.54) is 0 Å². The van der Waals surface area contributed by atoms with E-state index < -0.39 is 18.3 Å². The van der Waals surface area contributed by atoms with Crippen LogP contribution in [0.4, 0.5) is 0 Å². The first-order chi connectivity index (χ1) is 18.3. The molecule has 3 aromatic heterocycles. The van der Waals surface area contributed by atoms with Gasteiger partial charge in [-0.25, -0.2) is 4.98 Å². The van der Waals surface area contributed by atoms with Crippen molar-refractivity contribution in [2.45, 2.75) is 38.9 Å². The lowest BCUT2D eigenvalue weighted by atomic mass is 9.76. The summed E-state index contributed by atoms with van der Waals surface area (Å²) in [6.45, 7) is 8.30. The highest BCUT2D eigenvalue weighted by molar-refractivity contribution is 7.21. The molecule has 4 aromatic carbocycles. The molecule has 5 nitrogen and oxygen atoms in total. The van der Waals surface area contributed by atoms with Crippen molar-refractivity contribution in [2.24, 2.45) is 0 Å². The van der Waals surface area contributed by atoms with Crippen molar-refractivity contribution in [1.82, 2.24) is 4.98 Å². The van der Waals surface area contributed by atoms with Crippen molar-refractivity contribution in [1.29, 1.82) is 0 Å². The van der Waals surface area contributed by atoms with Crippen LogP contribution in [-0.2, 0) is 9.31 Å². The summed E-state index contributed by atoms with van der Waals surface area (Å²) in [5.74, 6) is 0. The zero-order valence-electron chi connectivity index (χ0n) is 21.5. The number of para-hydroxylation sites is 1. The van der Waals surface area contributed by atoms with Gasteiger partial charge in [-0.2, -0.15) is 0 Å². The van der Waals surface area contributed by atoms with E-state index >= 15 is 0 Å². The van der Waals surface area contributed by atoms with Gasteiger partial charge in [-0.15, -0.1) is 11.3 Å².